The Kier molecular flexibility index (Phi) is 12.7. The number of piperidine rings is 1. The lowest BCUT2D eigenvalue weighted by atomic mass is 9.98. The number of aliphatic imine (C=N–C) groups is 1. The number of hydrogen-bond acceptors (Lipinski definition) is 3. The standard InChI is InChI=1S/C22H36N4OS.HI/c1-5-18(6-2)21(27)26-14-12-19(13-15-26)25-22(23-4)24-16-17(3)28-20-10-8-7-9-11-20;/h7-11,17-19H,5-6,12-16H2,1-4H3,(H2,23,24,25);1H. The second-order valence-electron chi connectivity index (χ2n) is 7.45. The number of halogens is 1. The van der Waals surface area contributed by atoms with Crippen molar-refractivity contribution in [3.63, 3.8) is 0 Å². The molecule has 1 saturated heterocycles. The molecule has 1 unspecified atom stereocenters. The minimum Gasteiger partial charge on any atom is -0.355 e. The molecule has 5 nitrogen and oxygen atoms in total. The Morgan fingerprint density at radius 1 is 1.21 bits per heavy atom. The Labute approximate surface area is 197 Å². The maximum absolute atomic E-state index is 12.5. The minimum absolute atomic E-state index is 0. The Morgan fingerprint density at radius 2 is 1.83 bits per heavy atom. The van der Waals surface area contributed by atoms with Gasteiger partial charge in [-0.15, -0.1) is 35.7 Å². The molecule has 1 aliphatic heterocycles. The quantitative estimate of drug-likeness (QED) is 0.226. The first-order valence-corrected chi connectivity index (χ1v) is 11.4. The second kappa shape index (κ2) is 14.1. The molecule has 1 heterocycles. The van der Waals surface area contributed by atoms with Gasteiger partial charge in [0.1, 0.15) is 0 Å². The lowest BCUT2D eigenvalue weighted by Crippen LogP contribution is -2.51. The van der Waals surface area contributed by atoms with Crippen molar-refractivity contribution in [2.24, 2.45) is 10.9 Å². The summed E-state index contributed by atoms with van der Waals surface area (Å²) in [6.45, 7) is 8.96. The van der Waals surface area contributed by atoms with E-state index >= 15 is 0 Å². The van der Waals surface area contributed by atoms with Gasteiger partial charge in [-0.2, -0.15) is 0 Å². The fourth-order valence-corrected chi connectivity index (χ4v) is 4.49. The molecule has 1 fully saturated rings. The molecule has 0 saturated carbocycles. The molecule has 1 aromatic rings. The van der Waals surface area contributed by atoms with E-state index in [4.69, 9.17) is 0 Å². The highest BCUT2D eigenvalue weighted by Gasteiger charge is 2.26. The number of likely N-dealkylation sites (tertiary alicyclic amines) is 1. The first-order valence-electron chi connectivity index (χ1n) is 10.5. The number of thioether (sulfide) groups is 1. The number of nitrogens with zero attached hydrogens (tertiary/aromatic N) is 2. The molecule has 1 amide bonds. The van der Waals surface area contributed by atoms with Gasteiger partial charge in [-0.1, -0.05) is 39.0 Å². The third-order valence-corrected chi connectivity index (χ3v) is 6.46. The van der Waals surface area contributed by atoms with Gasteiger partial charge in [-0.05, 0) is 37.8 Å². The van der Waals surface area contributed by atoms with Crippen molar-refractivity contribution in [3.8, 4) is 0 Å². The molecule has 7 heteroatoms. The smallest absolute Gasteiger partial charge is 0.225 e. The first kappa shape index (κ1) is 26.1. The van der Waals surface area contributed by atoms with Gasteiger partial charge in [0.15, 0.2) is 5.96 Å². The minimum atomic E-state index is 0. The summed E-state index contributed by atoms with van der Waals surface area (Å²) in [6, 6.07) is 10.8. The van der Waals surface area contributed by atoms with E-state index in [0.717, 1.165) is 51.3 Å². The van der Waals surface area contributed by atoms with Gasteiger partial charge < -0.3 is 15.5 Å². The maximum atomic E-state index is 12.5. The summed E-state index contributed by atoms with van der Waals surface area (Å²) in [5.74, 6) is 1.37. The molecule has 2 rings (SSSR count). The van der Waals surface area contributed by atoms with Crippen LogP contribution in [0.4, 0.5) is 0 Å². The third kappa shape index (κ3) is 8.74. The van der Waals surface area contributed by atoms with Crippen LogP contribution in [0.25, 0.3) is 0 Å². The van der Waals surface area contributed by atoms with E-state index in [1.807, 2.05) is 29.8 Å². The van der Waals surface area contributed by atoms with Gasteiger partial charge >= 0.3 is 0 Å². The van der Waals surface area contributed by atoms with Crippen LogP contribution in [0.2, 0.25) is 0 Å². The molecule has 0 aromatic heterocycles. The number of carbonyl (C=O) groups is 1. The number of rotatable bonds is 8. The zero-order valence-electron chi connectivity index (χ0n) is 18.2. The summed E-state index contributed by atoms with van der Waals surface area (Å²) < 4.78 is 0. The summed E-state index contributed by atoms with van der Waals surface area (Å²) in [5, 5.41) is 7.42. The van der Waals surface area contributed by atoms with E-state index in [2.05, 4.69) is 60.7 Å². The molecule has 0 spiro atoms. The van der Waals surface area contributed by atoms with E-state index < -0.39 is 0 Å². The number of hydrogen-bond donors (Lipinski definition) is 2. The van der Waals surface area contributed by atoms with Crippen LogP contribution < -0.4 is 10.6 Å². The third-order valence-electron chi connectivity index (χ3n) is 5.34. The molecule has 1 atom stereocenters. The van der Waals surface area contributed by atoms with E-state index in [1.165, 1.54) is 4.90 Å². The van der Waals surface area contributed by atoms with Gasteiger partial charge in [0.2, 0.25) is 5.91 Å². The zero-order valence-corrected chi connectivity index (χ0v) is 21.3. The number of amides is 1. The van der Waals surface area contributed by atoms with Crippen molar-refractivity contribution in [1.82, 2.24) is 15.5 Å². The average Bonchev–Trinajstić information content (AvgIpc) is 2.73. The van der Waals surface area contributed by atoms with Gasteiger partial charge in [0.05, 0.1) is 0 Å². The lowest BCUT2D eigenvalue weighted by Gasteiger charge is -2.35. The molecule has 1 aliphatic rings. The highest BCUT2D eigenvalue weighted by atomic mass is 127. The number of carbonyl (C=O) groups excluding carboxylic acids is 1. The predicted octanol–water partition coefficient (Wildman–Crippen LogP) is 4.38. The van der Waals surface area contributed by atoms with Crippen LogP contribution >= 0.6 is 35.7 Å². The van der Waals surface area contributed by atoms with E-state index in [0.29, 0.717) is 17.2 Å². The predicted molar refractivity (Wildman–Crippen MR) is 135 cm³/mol. The van der Waals surface area contributed by atoms with Crippen LogP contribution in [0.1, 0.15) is 46.5 Å². The van der Waals surface area contributed by atoms with Gasteiger partial charge in [0.25, 0.3) is 0 Å². The van der Waals surface area contributed by atoms with Crippen LogP contribution in [0.15, 0.2) is 40.2 Å². The Balaban J connectivity index is 0.00000420. The fourth-order valence-electron chi connectivity index (χ4n) is 3.54. The highest BCUT2D eigenvalue weighted by Crippen LogP contribution is 2.22. The molecule has 0 radical (unpaired) electrons. The Bertz CT molecular complexity index is 616. The first-order chi connectivity index (χ1) is 13.6. The Hall–Kier alpha value is -0.960. The molecule has 164 valence electrons. The molecule has 2 N–H and O–H groups in total. The van der Waals surface area contributed by atoms with Crippen molar-refractivity contribution in [2.75, 3.05) is 26.7 Å². The van der Waals surface area contributed by atoms with Gasteiger partial charge in [0, 0.05) is 48.8 Å². The molecule has 0 aliphatic carbocycles. The molecule has 0 bridgehead atoms. The van der Waals surface area contributed by atoms with Gasteiger partial charge in [-0.3, -0.25) is 9.79 Å². The zero-order chi connectivity index (χ0) is 20.4. The van der Waals surface area contributed by atoms with Crippen molar-refractivity contribution < 1.29 is 4.79 Å². The number of benzene rings is 1. The van der Waals surface area contributed by atoms with Crippen molar-refractivity contribution >= 4 is 47.6 Å². The highest BCUT2D eigenvalue weighted by molar-refractivity contribution is 14.0. The normalized spacial score (nSPS) is 16.3. The summed E-state index contributed by atoms with van der Waals surface area (Å²) >= 11 is 1.86. The molecule has 1 aromatic carbocycles. The van der Waals surface area contributed by atoms with E-state index in [-0.39, 0.29) is 29.9 Å². The van der Waals surface area contributed by atoms with Crippen molar-refractivity contribution in [3.05, 3.63) is 30.3 Å². The van der Waals surface area contributed by atoms with Crippen LogP contribution in [-0.4, -0.2) is 54.7 Å². The van der Waals surface area contributed by atoms with E-state index in [1.54, 1.807) is 0 Å². The van der Waals surface area contributed by atoms with Gasteiger partial charge in [-0.25, -0.2) is 0 Å². The van der Waals surface area contributed by atoms with Crippen LogP contribution in [0, 0.1) is 5.92 Å². The molecular weight excluding hydrogens is 495 g/mol. The summed E-state index contributed by atoms with van der Waals surface area (Å²) in [5.41, 5.74) is 0. The topological polar surface area (TPSA) is 56.7 Å². The average molecular weight is 533 g/mol. The van der Waals surface area contributed by atoms with Crippen LogP contribution in [0.3, 0.4) is 0 Å². The maximum Gasteiger partial charge on any atom is 0.225 e. The molecule has 29 heavy (non-hydrogen) atoms. The van der Waals surface area contributed by atoms with E-state index in [9.17, 15) is 4.79 Å². The SMILES string of the molecule is CCC(CC)C(=O)N1CCC(NC(=NC)NCC(C)Sc2ccccc2)CC1.I. The lowest BCUT2D eigenvalue weighted by molar-refractivity contribution is -0.136. The second-order valence-corrected chi connectivity index (χ2v) is 8.96. The fraction of sp³-hybridized carbons (Fsp3) is 0.636. The van der Waals surface area contributed by atoms with Crippen molar-refractivity contribution in [2.45, 2.75) is 62.6 Å². The largest absolute Gasteiger partial charge is 0.355 e. The summed E-state index contributed by atoms with van der Waals surface area (Å²) in [7, 11) is 1.82. The summed E-state index contributed by atoms with van der Waals surface area (Å²) in [6.07, 6.45) is 3.81. The number of nitrogens with one attached hydrogen (secondary N) is 2. The Morgan fingerprint density at radius 3 is 2.38 bits per heavy atom. The van der Waals surface area contributed by atoms with Crippen molar-refractivity contribution in [1.29, 1.82) is 0 Å². The number of guanidine groups is 1. The van der Waals surface area contributed by atoms with Crippen LogP contribution in [-0.2, 0) is 4.79 Å². The van der Waals surface area contributed by atoms with Crippen LogP contribution in [0.5, 0.6) is 0 Å². The molecular formula is C22H37IN4OS. The summed E-state index contributed by atoms with van der Waals surface area (Å²) in [4.78, 5) is 20.2. The monoisotopic (exact) mass is 532 g/mol.